The molecule has 2 atom stereocenters. The Hall–Kier alpha value is 0.140. The summed E-state index contributed by atoms with van der Waals surface area (Å²) in [6, 6.07) is 2.89. The first-order valence-corrected chi connectivity index (χ1v) is 8.60. The number of hydrogen-bond acceptors (Lipinski definition) is 2. The van der Waals surface area contributed by atoms with Crippen molar-refractivity contribution in [2.24, 2.45) is 11.3 Å². The van der Waals surface area contributed by atoms with Gasteiger partial charge in [0.25, 0.3) is 0 Å². The number of thiophene rings is 1. The Morgan fingerprint density at radius 3 is 2.83 bits per heavy atom. The Balaban J connectivity index is 2.07. The second kappa shape index (κ2) is 6.06. The molecule has 1 aromatic heterocycles. The summed E-state index contributed by atoms with van der Waals surface area (Å²) in [6.45, 7) is 4.90. The van der Waals surface area contributed by atoms with Crippen LogP contribution in [0.15, 0.2) is 15.9 Å². The van der Waals surface area contributed by atoms with Crippen LogP contribution < -0.4 is 5.32 Å². The Morgan fingerprint density at radius 1 is 1.50 bits per heavy atom. The molecule has 0 aromatic carbocycles. The van der Waals surface area contributed by atoms with Crippen LogP contribution in [-0.4, -0.2) is 13.1 Å². The van der Waals surface area contributed by atoms with Crippen LogP contribution in [-0.2, 0) is 6.42 Å². The van der Waals surface area contributed by atoms with Crippen LogP contribution in [0.25, 0.3) is 0 Å². The van der Waals surface area contributed by atoms with Crippen molar-refractivity contribution in [1.29, 1.82) is 0 Å². The highest BCUT2D eigenvalue weighted by Crippen LogP contribution is 2.43. The minimum absolute atomic E-state index is 0.487. The van der Waals surface area contributed by atoms with Gasteiger partial charge in [-0.1, -0.05) is 26.7 Å². The average molecular weight is 330 g/mol. The third kappa shape index (κ3) is 3.37. The van der Waals surface area contributed by atoms with Crippen LogP contribution in [0, 0.1) is 11.3 Å². The summed E-state index contributed by atoms with van der Waals surface area (Å²) >= 11 is 5.42. The van der Waals surface area contributed by atoms with Gasteiger partial charge in [0.05, 0.1) is 0 Å². The Kier molecular flexibility index (Phi) is 4.90. The van der Waals surface area contributed by atoms with Crippen LogP contribution in [0.3, 0.4) is 0 Å². The molecule has 18 heavy (non-hydrogen) atoms. The predicted octanol–water partition coefficient (Wildman–Crippen LogP) is 4.86. The summed E-state index contributed by atoms with van der Waals surface area (Å²) in [6.07, 6.45) is 6.74. The first-order chi connectivity index (χ1) is 8.53. The van der Waals surface area contributed by atoms with E-state index >= 15 is 0 Å². The highest BCUT2D eigenvalue weighted by Gasteiger charge is 2.36. The molecule has 3 heteroatoms. The summed E-state index contributed by atoms with van der Waals surface area (Å²) < 4.78 is 1.22. The smallest absolute Gasteiger partial charge is 0.0285 e. The number of likely N-dealkylation sites (N-methyl/N-ethyl adjacent to an activating group) is 1. The van der Waals surface area contributed by atoms with Gasteiger partial charge in [0, 0.05) is 20.8 Å². The van der Waals surface area contributed by atoms with Crippen molar-refractivity contribution in [2.45, 2.75) is 52.0 Å². The van der Waals surface area contributed by atoms with Gasteiger partial charge in [-0.15, -0.1) is 11.3 Å². The number of hydrogen-bond donors (Lipinski definition) is 1. The van der Waals surface area contributed by atoms with Gasteiger partial charge in [-0.3, -0.25) is 0 Å². The summed E-state index contributed by atoms with van der Waals surface area (Å²) in [7, 11) is 2.12. The van der Waals surface area contributed by atoms with E-state index in [0.717, 1.165) is 5.92 Å². The summed E-state index contributed by atoms with van der Waals surface area (Å²) in [5.74, 6) is 0.803. The van der Waals surface area contributed by atoms with E-state index in [9.17, 15) is 0 Å². The Morgan fingerprint density at radius 2 is 2.28 bits per heavy atom. The molecule has 2 unspecified atom stereocenters. The molecular formula is C15H24BrNS. The van der Waals surface area contributed by atoms with Gasteiger partial charge in [-0.05, 0) is 59.6 Å². The third-order valence-corrected chi connectivity index (χ3v) is 6.21. The van der Waals surface area contributed by atoms with Gasteiger partial charge >= 0.3 is 0 Å². The van der Waals surface area contributed by atoms with Crippen molar-refractivity contribution in [3.05, 3.63) is 20.8 Å². The SMILES string of the molecule is CNC(Cc1cc(Br)cs1)C1CCCCC1(C)C. The fraction of sp³-hybridized carbons (Fsp3) is 0.733. The van der Waals surface area contributed by atoms with E-state index < -0.39 is 0 Å². The second-order valence-corrected chi connectivity index (χ2v) is 8.08. The normalized spacial score (nSPS) is 25.0. The molecule has 1 saturated carbocycles. The highest BCUT2D eigenvalue weighted by molar-refractivity contribution is 9.10. The van der Waals surface area contributed by atoms with E-state index in [4.69, 9.17) is 0 Å². The zero-order valence-electron chi connectivity index (χ0n) is 11.6. The molecule has 0 bridgehead atoms. The Labute approximate surface area is 123 Å². The van der Waals surface area contributed by atoms with Crippen LogP contribution in [0.5, 0.6) is 0 Å². The van der Waals surface area contributed by atoms with Crippen molar-refractivity contribution >= 4 is 27.3 Å². The van der Waals surface area contributed by atoms with Gasteiger partial charge in [0.1, 0.15) is 0 Å². The van der Waals surface area contributed by atoms with Crippen molar-refractivity contribution in [2.75, 3.05) is 7.05 Å². The molecule has 1 fully saturated rings. The van der Waals surface area contributed by atoms with Crippen LogP contribution in [0.2, 0.25) is 0 Å². The molecule has 0 amide bonds. The van der Waals surface area contributed by atoms with Gasteiger partial charge in [0.2, 0.25) is 0 Å². The van der Waals surface area contributed by atoms with Crippen LogP contribution >= 0.6 is 27.3 Å². The van der Waals surface area contributed by atoms with Crippen LogP contribution in [0.1, 0.15) is 44.4 Å². The molecule has 1 N–H and O–H groups in total. The van der Waals surface area contributed by atoms with Gasteiger partial charge in [-0.25, -0.2) is 0 Å². The molecule has 1 nitrogen and oxygen atoms in total. The zero-order valence-corrected chi connectivity index (χ0v) is 14.0. The molecule has 1 aromatic rings. The molecule has 102 valence electrons. The lowest BCUT2D eigenvalue weighted by Gasteiger charge is -2.43. The molecule has 1 aliphatic carbocycles. The molecule has 1 aliphatic rings. The predicted molar refractivity (Wildman–Crippen MR) is 84.3 cm³/mol. The van der Waals surface area contributed by atoms with Crippen molar-refractivity contribution in [3.8, 4) is 0 Å². The maximum atomic E-state index is 3.58. The monoisotopic (exact) mass is 329 g/mol. The second-order valence-electron chi connectivity index (χ2n) is 6.17. The molecule has 0 aliphatic heterocycles. The molecule has 1 heterocycles. The van der Waals surface area contributed by atoms with E-state index in [2.05, 4.69) is 53.6 Å². The first-order valence-electron chi connectivity index (χ1n) is 6.93. The average Bonchev–Trinajstić information content (AvgIpc) is 2.72. The summed E-state index contributed by atoms with van der Waals surface area (Å²) in [5, 5.41) is 5.77. The van der Waals surface area contributed by atoms with E-state index in [1.165, 1.54) is 41.5 Å². The molecular weight excluding hydrogens is 306 g/mol. The minimum atomic E-state index is 0.487. The van der Waals surface area contributed by atoms with Gasteiger partial charge in [0.15, 0.2) is 0 Å². The number of halogens is 1. The van der Waals surface area contributed by atoms with E-state index in [1.54, 1.807) is 0 Å². The lowest BCUT2D eigenvalue weighted by Crippen LogP contribution is -2.44. The lowest BCUT2D eigenvalue weighted by atomic mass is 9.65. The molecule has 0 radical (unpaired) electrons. The number of rotatable bonds is 4. The van der Waals surface area contributed by atoms with Crippen molar-refractivity contribution in [1.82, 2.24) is 5.32 Å². The van der Waals surface area contributed by atoms with E-state index in [-0.39, 0.29) is 0 Å². The standard InChI is InChI=1S/C15H24BrNS/c1-15(2)7-5-4-6-13(15)14(17-3)9-12-8-11(16)10-18-12/h8,10,13-14,17H,4-7,9H2,1-3H3. The van der Waals surface area contributed by atoms with E-state index in [0.29, 0.717) is 11.5 Å². The molecule has 0 spiro atoms. The fourth-order valence-electron chi connectivity index (χ4n) is 3.39. The summed E-state index contributed by atoms with van der Waals surface area (Å²) in [4.78, 5) is 1.49. The quantitative estimate of drug-likeness (QED) is 0.831. The maximum absolute atomic E-state index is 3.58. The van der Waals surface area contributed by atoms with Gasteiger partial charge < -0.3 is 5.32 Å². The van der Waals surface area contributed by atoms with Crippen molar-refractivity contribution < 1.29 is 0 Å². The molecule has 2 rings (SSSR count). The largest absolute Gasteiger partial charge is 0.316 e. The lowest BCUT2D eigenvalue weighted by molar-refractivity contribution is 0.101. The minimum Gasteiger partial charge on any atom is -0.316 e. The Bertz CT molecular complexity index is 386. The maximum Gasteiger partial charge on any atom is 0.0285 e. The topological polar surface area (TPSA) is 12.0 Å². The third-order valence-electron chi connectivity index (χ3n) is 4.49. The summed E-state index contributed by atoms with van der Waals surface area (Å²) in [5.41, 5.74) is 0.487. The highest BCUT2D eigenvalue weighted by atomic mass is 79.9. The first kappa shape index (κ1) is 14.5. The fourth-order valence-corrected chi connectivity index (χ4v) is 4.90. The van der Waals surface area contributed by atoms with E-state index in [1.807, 2.05) is 11.3 Å². The van der Waals surface area contributed by atoms with Crippen molar-refractivity contribution in [3.63, 3.8) is 0 Å². The zero-order chi connectivity index (χ0) is 13.2. The van der Waals surface area contributed by atoms with Crippen LogP contribution in [0.4, 0.5) is 0 Å². The molecule has 0 saturated heterocycles. The van der Waals surface area contributed by atoms with Gasteiger partial charge in [-0.2, -0.15) is 0 Å². The number of nitrogens with one attached hydrogen (secondary N) is 1.